The van der Waals surface area contributed by atoms with Crippen molar-refractivity contribution < 1.29 is 0 Å². The molecular formula is C10H17N. The quantitative estimate of drug-likeness (QED) is 0.523. The van der Waals surface area contributed by atoms with Gasteiger partial charge in [-0.15, -0.1) is 0 Å². The molecule has 0 aromatic carbocycles. The molecule has 1 unspecified atom stereocenters. The molecule has 1 nitrogen and oxygen atoms in total. The molecule has 1 aliphatic heterocycles. The maximum Gasteiger partial charge on any atom is 0.0130 e. The Morgan fingerprint density at radius 1 is 1.18 bits per heavy atom. The van der Waals surface area contributed by atoms with E-state index in [9.17, 15) is 0 Å². The van der Waals surface area contributed by atoms with E-state index in [1.54, 1.807) is 0 Å². The zero-order chi connectivity index (χ0) is 7.52. The van der Waals surface area contributed by atoms with Gasteiger partial charge in [0.05, 0.1) is 0 Å². The molecule has 0 amide bonds. The van der Waals surface area contributed by atoms with Crippen LogP contribution in [0.2, 0.25) is 0 Å². The highest BCUT2D eigenvalue weighted by atomic mass is 14.9. The van der Waals surface area contributed by atoms with Gasteiger partial charge in [-0.25, -0.2) is 0 Å². The summed E-state index contributed by atoms with van der Waals surface area (Å²) >= 11 is 0. The van der Waals surface area contributed by atoms with E-state index in [4.69, 9.17) is 0 Å². The minimum absolute atomic E-state index is 0.812. The van der Waals surface area contributed by atoms with Gasteiger partial charge < -0.3 is 5.32 Å². The van der Waals surface area contributed by atoms with Gasteiger partial charge in [-0.1, -0.05) is 18.6 Å². The fourth-order valence-electron chi connectivity index (χ4n) is 2.23. The Hall–Kier alpha value is -0.300. The second-order valence-corrected chi connectivity index (χ2v) is 3.73. The third-order valence-electron chi connectivity index (χ3n) is 2.92. The number of allylic oxidation sites excluding steroid dienone is 1. The van der Waals surface area contributed by atoms with Crippen molar-refractivity contribution in [2.45, 2.75) is 38.1 Å². The largest absolute Gasteiger partial charge is 0.313 e. The monoisotopic (exact) mass is 151 g/mol. The Bertz CT molecular complexity index is 151. The predicted octanol–water partition coefficient (Wildman–Crippen LogP) is 2.09. The molecule has 1 heteroatoms. The SMILES string of the molecule is C1=C\[C@@H]2CCNC2CCCC/1. The van der Waals surface area contributed by atoms with Crippen molar-refractivity contribution in [2.24, 2.45) is 5.92 Å². The Kier molecular flexibility index (Phi) is 2.27. The van der Waals surface area contributed by atoms with E-state index < -0.39 is 0 Å². The number of rotatable bonds is 0. The predicted molar refractivity (Wildman–Crippen MR) is 47.5 cm³/mol. The van der Waals surface area contributed by atoms with Crippen molar-refractivity contribution >= 4 is 0 Å². The summed E-state index contributed by atoms with van der Waals surface area (Å²) in [6, 6.07) is 0.812. The van der Waals surface area contributed by atoms with E-state index >= 15 is 0 Å². The minimum atomic E-state index is 0.812. The number of hydrogen-bond acceptors (Lipinski definition) is 1. The minimum Gasteiger partial charge on any atom is -0.313 e. The molecule has 0 spiro atoms. The fraction of sp³-hybridized carbons (Fsp3) is 0.800. The van der Waals surface area contributed by atoms with Gasteiger partial charge in [0.15, 0.2) is 0 Å². The summed E-state index contributed by atoms with van der Waals surface area (Å²) in [7, 11) is 0. The van der Waals surface area contributed by atoms with Crippen LogP contribution in [-0.4, -0.2) is 12.6 Å². The van der Waals surface area contributed by atoms with E-state index in [0.29, 0.717) is 0 Å². The first-order chi connectivity index (χ1) is 5.47. The Morgan fingerprint density at radius 2 is 2.18 bits per heavy atom. The van der Waals surface area contributed by atoms with Crippen molar-refractivity contribution in [3.8, 4) is 0 Å². The summed E-state index contributed by atoms with van der Waals surface area (Å²) in [5.41, 5.74) is 0. The van der Waals surface area contributed by atoms with E-state index in [-0.39, 0.29) is 0 Å². The first kappa shape index (κ1) is 7.35. The van der Waals surface area contributed by atoms with Crippen LogP contribution in [0.1, 0.15) is 32.1 Å². The number of fused-ring (bicyclic) bond motifs is 1. The van der Waals surface area contributed by atoms with Gasteiger partial charge in [0.25, 0.3) is 0 Å². The summed E-state index contributed by atoms with van der Waals surface area (Å²) < 4.78 is 0. The van der Waals surface area contributed by atoms with Gasteiger partial charge in [-0.2, -0.15) is 0 Å². The topological polar surface area (TPSA) is 12.0 Å². The van der Waals surface area contributed by atoms with Crippen molar-refractivity contribution in [2.75, 3.05) is 6.54 Å². The molecule has 2 atom stereocenters. The Morgan fingerprint density at radius 3 is 3.18 bits per heavy atom. The Balaban J connectivity index is 2.01. The molecule has 2 rings (SSSR count). The highest BCUT2D eigenvalue weighted by molar-refractivity contribution is 4.99. The van der Waals surface area contributed by atoms with Gasteiger partial charge in [-0.3, -0.25) is 0 Å². The lowest BCUT2D eigenvalue weighted by Crippen LogP contribution is -2.26. The molecule has 11 heavy (non-hydrogen) atoms. The van der Waals surface area contributed by atoms with Gasteiger partial charge in [0.2, 0.25) is 0 Å². The lowest BCUT2D eigenvalue weighted by Gasteiger charge is -2.17. The third-order valence-corrected chi connectivity index (χ3v) is 2.92. The molecule has 1 N–H and O–H groups in total. The van der Waals surface area contributed by atoms with E-state index in [1.165, 1.54) is 38.6 Å². The van der Waals surface area contributed by atoms with Crippen molar-refractivity contribution in [1.29, 1.82) is 0 Å². The summed E-state index contributed by atoms with van der Waals surface area (Å²) in [4.78, 5) is 0. The second kappa shape index (κ2) is 3.40. The van der Waals surface area contributed by atoms with Crippen LogP contribution in [0.15, 0.2) is 12.2 Å². The van der Waals surface area contributed by atoms with Gasteiger partial charge in [-0.05, 0) is 38.1 Å². The lowest BCUT2D eigenvalue weighted by atomic mass is 9.93. The van der Waals surface area contributed by atoms with Crippen LogP contribution in [0.4, 0.5) is 0 Å². The number of hydrogen-bond donors (Lipinski definition) is 1. The molecule has 62 valence electrons. The molecule has 1 aliphatic carbocycles. The lowest BCUT2D eigenvalue weighted by molar-refractivity contribution is 0.457. The van der Waals surface area contributed by atoms with Crippen LogP contribution in [0.5, 0.6) is 0 Å². The summed E-state index contributed by atoms with van der Waals surface area (Å²) in [6.07, 6.45) is 11.7. The molecule has 0 saturated carbocycles. The Labute approximate surface area is 68.9 Å². The van der Waals surface area contributed by atoms with Gasteiger partial charge in [0.1, 0.15) is 0 Å². The summed E-state index contributed by atoms with van der Waals surface area (Å²) in [5, 5.41) is 3.58. The van der Waals surface area contributed by atoms with E-state index in [0.717, 1.165) is 12.0 Å². The third kappa shape index (κ3) is 1.64. The van der Waals surface area contributed by atoms with Crippen molar-refractivity contribution in [3.63, 3.8) is 0 Å². The first-order valence-corrected chi connectivity index (χ1v) is 4.87. The van der Waals surface area contributed by atoms with Gasteiger partial charge >= 0.3 is 0 Å². The molecule has 0 bridgehead atoms. The smallest absolute Gasteiger partial charge is 0.0130 e. The van der Waals surface area contributed by atoms with E-state index in [1.807, 2.05) is 0 Å². The maximum atomic E-state index is 3.58. The normalized spacial score (nSPS) is 40.7. The fourth-order valence-corrected chi connectivity index (χ4v) is 2.23. The standard InChI is InChI=1S/C10H17N/c1-2-4-6-10-9(5-3-1)7-8-11-10/h3,5,9-11H,1-2,4,6-8H2/b5-3-/t9-,10?/m1/s1. The van der Waals surface area contributed by atoms with Crippen LogP contribution in [0, 0.1) is 5.92 Å². The average Bonchev–Trinajstić information content (AvgIpc) is 2.35. The van der Waals surface area contributed by atoms with E-state index in [2.05, 4.69) is 17.5 Å². The molecule has 1 heterocycles. The van der Waals surface area contributed by atoms with Crippen LogP contribution < -0.4 is 5.32 Å². The highest BCUT2D eigenvalue weighted by Crippen LogP contribution is 2.24. The van der Waals surface area contributed by atoms with Crippen molar-refractivity contribution in [3.05, 3.63) is 12.2 Å². The zero-order valence-electron chi connectivity index (χ0n) is 7.05. The average molecular weight is 151 g/mol. The molecule has 0 aromatic heterocycles. The maximum absolute atomic E-state index is 3.58. The number of nitrogens with one attached hydrogen (secondary N) is 1. The summed E-state index contributed by atoms with van der Waals surface area (Å²) in [5.74, 6) is 0.857. The molecule has 1 fully saturated rings. The van der Waals surface area contributed by atoms with Crippen molar-refractivity contribution in [1.82, 2.24) is 5.32 Å². The highest BCUT2D eigenvalue weighted by Gasteiger charge is 2.24. The first-order valence-electron chi connectivity index (χ1n) is 4.87. The van der Waals surface area contributed by atoms with Crippen LogP contribution >= 0.6 is 0 Å². The molecular weight excluding hydrogens is 134 g/mol. The molecule has 1 saturated heterocycles. The van der Waals surface area contributed by atoms with Crippen LogP contribution in [0.3, 0.4) is 0 Å². The second-order valence-electron chi connectivity index (χ2n) is 3.73. The zero-order valence-corrected chi connectivity index (χ0v) is 7.05. The van der Waals surface area contributed by atoms with Crippen LogP contribution in [0.25, 0.3) is 0 Å². The molecule has 0 radical (unpaired) electrons. The molecule has 0 aromatic rings. The van der Waals surface area contributed by atoms with Crippen LogP contribution in [-0.2, 0) is 0 Å². The van der Waals surface area contributed by atoms with Gasteiger partial charge in [0, 0.05) is 6.04 Å². The summed E-state index contributed by atoms with van der Waals surface area (Å²) in [6.45, 7) is 1.24. The molecule has 2 aliphatic rings.